The maximum absolute atomic E-state index is 14.8. The Morgan fingerprint density at radius 3 is 2.51 bits per heavy atom. The smallest absolute Gasteiger partial charge is 0.416 e. The van der Waals surface area contributed by atoms with E-state index in [0.29, 0.717) is 0 Å². The summed E-state index contributed by atoms with van der Waals surface area (Å²) in [6.45, 7) is 0.797. The molecule has 0 bridgehead atoms. The maximum Gasteiger partial charge on any atom is 0.416 e. The van der Waals surface area contributed by atoms with E-state index in [1.807, 2.05) is 0 Å². The van der Waals surface area contributed by atoms with Crippen molar-refractivity contribution in [3.63, 3.8) is 0 Å². The summed E-state index contributed by atoms with van der Waals surface area (Å²) in [6, 6.07) is 5.82. The van der Waals surface area contributed by atoms with Gasteiger partial charge in [-0.25, -0.2) is 9.38 Å². The summed E-state index contributed by atoms with van der Waals surface area (Å²) >= 11 is 0. The van der Waals surface area contributed by atoms with Crippen LogP contribution in [-0.4, -0.2) is 60.2 Å². The molecule has 1 N–H and O–H groups in total. The van der Waals surface area contributed by atoms with Gasteiger partial charge in [-0.3, -0.25) is 9.80 Å². The molecule has 0 aliphatic carbocycles. The third kappa shape index (κ3) is 4.70. The van der Waals surface area contributed by atoms with Gasteiger partial charge < -0.3 is 19.6 Å². The second kappa shape index (κ2) is 9.39. The third-order valence-electron chi connectivity index (χ3n) is 5.90. The molecule has 1 saturated heterocycles. The number of hydrogen-bond acceptors (Lipinski definition) is 7. The first-order valence-electron chi connectivity index (χ1n) is 10.6. The number of ether oxygens (including phenoxy) is 1. The molecule has 2 aliphatic heterocycles. The Morgan fingerprint density at radius 2 is 1.91 bits per heavy atom. The Hall–Kier alpha value is -3.90. The number of carbonyl (C=O) groups is 1. The van der Waals surface area contributed by atoms with Gasteiger partial charge in [-0.1, -0.05) is 12.1 Å². The molecular formula is C22H21F4N5O4. The Labute approximate surface area is 197 Å². The van der Waals surface area contributed by atoms with Gasteiger partial charge in [0.15, 0.2) is 0 Å². The van der Waals surface area contributed by atoms with E-state index in [1.165, 1.54) is 35.2 Å². The predicted octanol–water partition coefficient (Wildman–Crippen LogP) is 4.18. The number of fused-ring (bicyclic) bond motifs is 1. The SMILES string of the molecule is COc1ccc(C(F)(F)F)cc1N1C(N2CCN(N=O)CC2)=Nc2c(F)cccc2[C@@H]1CC(=O)O. The van der Waals surface area contributed by atoms with Crippen molar-refractivity contribution >= 4 is 23.3 Å². The van der Waals surface area contributed by atoms with Gasteiger partial charge in [0.2, 0.25) is 5.96 Å². The van der Waals surface area contributed by atoms with Crippen LogP contribution in [0.25, 0.3) is 0 Å². The fourth-order valence-corrected chi connectivity index (χ4v) is 4.25. The van der Waals surface area contributed by atoms with Crippen LogP contribution in [0.4, 0.5) is 28.9 Å². The average molecular weight is 495 g/mol. The minimum absolute atomic E-state index is 0.0501. The molecule has 2 aromatic rings. The fourth-order valence-electron chi connectivity index (χ4n) is 4.25. The molecule has 0 amide bonds. The Kier molecular flexibility index (Phi) is 6.50. The molecule has 4 rings (SSSR count). The van der Waals surface area contributed by atoms with Crippen LogP contribution in [0.5, 0.6) is 5.75 Å². The number of carboxylic acid groups (broad SMARTS) is 1. The van der Waals surface area contributed by atoms with Crippen LogP contribution in [-0.2, 0) is 11.0 Å². The summed E-state index contributed by atoms with van der Waals surface area (Å²) < 4.78 is 61.0. The molecule has 13 heteroatoms. The molecule has 0 unspecified atom stereocenters. The molecule has 186 valence electrons. The van der Waals surface area contributed by atoms with Crippen molar-refractivity contribution in [2.24, 2.45) is 10.3 Å². The number of hydrogen-bond donors (Lipinski definition) is 1. The molecule has 0 aromatic heterocycles. The third-order valence-corrected chi connectivity index (χ3v) is 5.90. The van der Waals surface area contributed by atoms with Crippen molar-refractivity contribution in [2.75, 3.05) is 38.2 Å². The number of methoxy groups -OCH3 is 1. The van der Waals surface area contributed by atoms with Crippen molar-refractivity contribution in [1.29, 1.82) is 0 Å². The largest absolute Gasteiger partial charge is 0.495 e. The van der Waals surface area contributed by atoms with Crippen LogP contribution in [0.1, 0.15) is 23.6 Å². The molecule has 1 fully saturated rings. The van der Waals surface area contributed by atoms with E-state index >= 15 is 0 Å². The standard InChI is InChI=1S/C22H21F4N5O4/c1-35-18-6-5-13(22(24,25)26)11-17(18)31-16(12-19(32)33)14-3-2-4-15(23)20(14)27-21(31)29-7-9-30(28-34)10-8-29/h2-6,11,16H,7-10,12H2,1H3,(H,32,33)/t16-/m0/s1. The number of aliphatic imine (C=N–C) groups is 1. The van der Waals surface area contributed by atoms with Crippen molar-refractivity contribution in [2.45, 2.75) is 18.6 Å². The lowest BCUT2D eigenvalue weighted by Crippen LogP contribution is -2.54. The molecule has 0 saturated carbocycles. The summed E-state index contributed by atoms with van der Waals surface area (Å²) in [5.41, 5.74) is -0.921. The number of para-hydroxylation sites is 1. The van der Waals surface area contributed by atoms with E-state index in [2.05, 4.69) is 10.3 Å². The average Bonchev–Trinajstić information content (AvgIpc) is 2.83. The van der Waals surface area contributed by atoms with Gasteiger partial charge >= 0.3 is 12.1 Å². The molecule has 2 aromatic carbocycles. The van der Waals surface area contributed by atoms with Gasteiger partial charge in [0, 0.05) is 18.7 Å². The second-order valence-corrected chi connectivity index (χ2v) is 7.98. The van der Waals surface area contributed by atoms with Crippen molar-refractivity contribution in [1.82, 2.24) is 9.91 Å². The summed E-state index contributed by atoms with van der Waals surface area (Å²) in [7, 11) is 1.28. The van der Waals surface area contributed by atoms with Crippen molar-refractivity contribution in [3.8, 4) is 5.75 Å². The van der Waals surface area contributed by atoms with Gasteiger partial charge in [-0.2, -0.15) is 13.2 Å². The first kappa shape index (κ1) is 24.2. The highest BCUT2D eigenvalue weighted by molar-refractivity contribution is 6.02. The number of benzene rings is 2. The van der Waals surface area contributed by atoms with Crippen molar-refractivity contribution < 1.29 is 32.2 Å². The Balaban J connectivity index is 1.94. The molecular weight excluding hydrogens is 474 g/mol. The second-order valence-electron chi connectivity index (χ2n) is 7.98. The van der Waals surface area contributed by atoms with Gasteiger partial charge in [-0.15, -0.1) is 4.91 Å². The normalized spacial score (nSPS) is 18.1. The van der Waals surface area contributed by atoms with Crippen LogP contribution in [0.2, 0.25) is 0 Å². The molecule has 9 nitrogen and oxygen atoms in total. The van der Waals surface area contributed by atoms with Gasteiger partial charge in [0.25, 0.3) is 0 Å². The zero-order valence-corrected chi connectivity index (χ0v) is 18.5. The minimum Gasteiger partial charge on any atom is -0.495 e. The van der Waals surface area contributed by atoms with Crippen LogP contribution < -0.4 is 9.64 Å². The summed E-state index contributed by atoms with van der Waals surface area (Å²) in [5.74, 6) is -1.83. The van der Waals surface area contributed by atoms with Crippen molar-refractivity contribution in [3.05, 3.63) is 58.2 Å². The van der Waals surface area contributed by atoms with Gasteiger partial charge in [0.1, 0.15) is 17.3 Å². The highest BCUT2D eigenvalue weighted by atomic mass is 19.4. The Bertz CT molecular complexity index is 1170. The van der Waals surface area contributed by atoms with Gasteiger partial charge in [-0.05, 0) is 24.3 Å². The molecule has 35 heavy (non-hydrogen) atoms. The van der Waals surface area contributed by atoms with E-state index in [4.69, 9.17) is 4.74 Å². The number of nitrogens with zero attached hydrogens (tertiary/aromatic N) is 5. The monoisotopic (exact) mass is 495 g/mol. The zero-order chi connectivity index (χ0) is 25.3. The number of anilines is 1. The van der Waals surface area contributed by atoms with E-state index < -0.39 is 36.0 Å². The number of alkyl halides is 3. The molecule has 2 heterocycles. The first-order valence-corrected chi connectivity index (χ1v) is 10.6. The topological polar surface area (TPSA) is 98.0 Å². The number of piperazine rings is 1. The fraction of sp³-hybridized carbons (Fsp3) is 0.364. The van der Waals surface area contributed by atoms with E-state index in [0.717, 1.165) is 18.2 Å². The number of carboxylic acids is 1. The molecule has 1 atom stereocenters. The summed E-state index contributed by atoms with van der Waals surface area (Å²) in [5, 5.41) is 13.8. The highest BCUT2D eigenvalue weighted by Crippen LogP contribution is 2.46. The lowest BCUT2D eigenvalue weighted by atomic mass is 9.96. The predicted molar refractivity (Wildman–Crippen MR) is 118 cm³/mol. The van der Waals surface area contributed by atoms with Crippen LogP contribution in [0.15, 0.2) is 46.7 Å². The maximum atomic E-state index is 14.8. The van der Waals surface area contributed by atoms with Crippen LogP contribution in [0, 0.1) is 10.7 Å². The van der Waals surface area contributed by atoms with E-state index in [9.17, 15) is 32.4 Å². The first-order chi connectivity index (χ1) is 16.6. The van der Waals surface area contributed by atoms with E-state index in [1.54, 1.807) is 4.90 Å². The minimum atomic E-state index is -4.68. The zero-order valence-electron chi connectivity index (χ0n) is 18.5. The van der Waals surface area contributed by atoms with Gasteiger partial charge in [0.05, 0.1) is 49.2 Å². The number of halogens is 4. The lowest BCUT2D eigenvalue weighted by molar-refractivity contribution is -0.138. The van der Waals surface area contributed by atoms with Crippen LogP contribution >= 0.6 is 0 Å². The Morgan fingerprint density at radius 1 is 1.20 bits per heavy atom. The molecule has 0 spiro atoms. The van der Waals surface area contributed by atoms with E-state index in [-0.39, 0.29) is 54.8 Å². The number of rotatable bonds is 5. The summed E-state index contributed by atoms with van der Waals surface area (Å²) in [4.78, 5) is 30.2. The quantitative estimate of drug-likeness (QED) is 0.491. The number of guanidine groups is 1. The number of aliphatic carboxylic acids is 1. The highest BCUT2D eigenvalue weighted by Gasteiger charge is 2.40. The summed E-state index contributed by atoms with van der Waals surface area (Å²) in [6.07, 6.45) is -5.23. The number of nitroso groups, excluding NO2 is 1. The lowest BCUT2D eigenvalue weighted by Gasteiger charge is -2.44. The molecule has 0 radical (unpaired) electrons. The van der Waals surface area contributed by atoms with Crippen LogP contribution in [0.3, 0.4) is 0 Å². The molecule has 2 aliphatic rings.